The molecule has 1 aromatic rings. The molecule has 13 heavy (non-hydrogen) atoms. The molecule has 0 aliphatic rings. The number of hydrogen-bond acceptors (Lipinski definition) is 1. The van der Waals surface area contributed by atoms with Gasteiger partial charge in [0.2, 0.25) is 0 Å². The second-order valence-electron chi connectivity index (χ2n) is 3.75. The number of anilines is 1. The summed E-state index contributed by atoms with van der Waals surface area (Å²) in [7, 11) is 4.07. The zero-order valence-corrected chi connectivity index (χ0v) is 9.39. The minimum Gasteiger partial charge on any atom is -0.378 e. The summed E-state index contributed by atoms with van der Waals surface area (Å²) < 4.78 is 0. The van der Waals surface area contributed by atoms with Gasteiger partial charge in [0.15, 0.2) is 0 Å². The van der Waals surface area contributed by atoms with Crippen molar-refractivity contribution in [2.24, 2.45) is 0 Å². The maximum atomic E-state index is 6.08. The zero-order valence-electron chi connectivity index (χ0n) is 8.63. The highest BCUT2D eigenvalue weighted by Gasteiger charge is 2.06. The monoisotopic (exact) mass is 197 g/mol. The Morgan fingerprint density at radius 2 is 1.85 bits per heavy atom. The molecule has 0 spiro atoms. The second-order valence-corrected chi connectivity index (χ2v) is 4.16. The van der Waals surface area contributed by atoms with Crippen LogP contribution in [0, 0.1) is 0 Å². The van der Waals surface area contributed by atoms with Gasteiger partial charge in [-0.15, -0.1) is 0 Å². The van der Waals surface area contributed by atoms with Crippen molar-refractivity contribution >= 4 is 17.3 Å². The van der Waals surface area contributed by atoms with E-state index in [0.29, 0.717) is 5.92 Å². The number of rotatable bonds is 2. The Balaban J connectivity index is 3.11. The minimum absolute atomic E-state index is 0.479. The third-order valence-electron chi connectivity index (χ3n) is 2.12. The number of nitrogens with zero attached hydrogens (tertiary/aromatic N) is 1. The van der Waals surface area contributed by atoms with Gasteiger partial charge in [0.25, 0.3) is 0 Å². The normalized spacial score (nSPS) is 10.6. The van der Waals surface area contributed by atoms with E-state index in [1.165, 1.54) is 11.3 Å². The summed E-state index contributed by atoms with van der Waals surface area (Å²) in [6.07, 6.45) is 0. The van der Waals surface area contributed by atoms with Gasteiger partial charge >= 0.3 is 0 Å². The predicted octanol–water partition coefficient (Wildman–Crippen LogP) is 3.53. The molecule has 2 heteroatoms. The van der Waals surface area contributed by atoms with Crippen molar-refractivity contribution in [3.63, 3.8) is 0 Å². The lowest BCUT2D eigenvalue weighted by molar-refractivity contribution is 0.865. The number of benzene rings is 1. The fourth-order valence-corrected chi connectivity index (χ4v) is 1.59. The number of halogens is 1. The highest BCUT2D eigenvalue weighted by molar-refractivity contribution is 6.31. The van der Waals surface area contributed by atoms with Crippen molar-refractivity contribution in [1.82, 2.24) is 0 Å². The first-order chi connectivity index (χ1) is 6.02. The molecule has 72 valence electrons. The van der Waals surface area contributed by atoms with Crippen molar-refractivity contribution in [2.75, 3.05) is 19.0 Å². The van der Waals surface area contributed by atoms with Crippen LogP contribution in [-0.2, 0) is 0 Å². The summed E-state index contributed by atoms with van der Waals surface area (Å²) in [5.74, 6) is 0.479. The van der Waals surface area contributed by atoms with E-state index in [1.54, 1.807) is 0 Å². The summed E-state index contributed by atoms with van der Waals surface area (Å²) in [6, 6.07) is 6.15. The predicted molar refractivity (Wildman–Crippen MR) is 59.9 cm³/mol. The van der Waals surface area contributed by atoms with Gasteiger partial charge in [-0.2, -0.15) is 0 Å². The minimum atomic E-state index is 0.479. The van der Waals surface area contributed by atoms with Crippen LogP contribution in [0.4, 0.5) is 5.69 Å². The van der Waals surface area contributed by atoms with Crippen LogP contribution < -0.4 is 4.90 Å². The Bertz CT molecular complexity index is 292. The van der Waals surface area contributed by atoms with Crippen LogP contribution in [-0.4, -0.2) is 14.1 Å². The first-order valence-corrected chi connectivity index (χ1v) is 4.87. The van der Waals surface area contributed by atoms with Crippen LogP contribution in [0.1, 0.15) is 25.3 Å². The molecular formula is C11H16ClN. The molecule has 1 rings (SSSR count). The molecule has 0 bridgehead atoms. The molecule has 0 atom stereocenters. The summed E-state index contributed by atoms with van der Waals surface area (Å²) in [5, 5.41) is 0.862. The second kappa shape index (κ2) is 4.01. The van der Waals surface area contributed by atoms with E-state index in [0.717, 1.165) is 5.02 Å². The Morgan fingerprint density at radius 3 is 2.31 bits per heavy atom. The maximum Gasteiger partial charge on any atom is 0.0442 e. The van der Waals surface area contributed by atoms with E-state index >= 15 is 0 Å². The molecule has 0 radical (unpaired) electrons. The summed E-state index contributed by atoms with van der Waals surface area (Å²) >= 11 is 6.08. The molecule has 0 fully saturated rings. The van der Waals surface area contributed by atoms with Crippen LogP contribution in [0.25, 0.3) is 0 Å². The Morgan fingerprint density at radius 1 is 1.23 bits per heavy atom. The molecule has 0 heterocycles. The van der Waals surface area contributed by atoms with Gasteiger partial charge in [-0.05, 0) is 29.7 Å². The van der Waals surface area contributed by atoms with E-state index in [1.807, 2.05) is 26.2 Å². The van der Waals surface area contributed by atoms with Gasteiger partial charge in [-0.1, -0.05) is 25.4 Å². The Hall–Kier alpha value is -0.690. The summed E-state index contributed by atoms with van der Waals surface area (Å²) in [4.78, 5) is 2.09. The molecule has 0 unspecified atom stereocenters. The van der Waals surface area contributed by atoms with Crippen molar-refractivity contribution in [3.05, 3.63) is 28.8 Å². The molecule has 0 aliphatic carbocycles. The fourth-order valence-electron chi connectivity index (χ4n) is 1.25. The first-order valence-electron chi connectivity index (χ1n) is 4.49. The maximum absolute atomic E-state index is 6.08. The van der Waals surface area contributed by atoms with Crippen molar-refractivity contribution in [3.8, 4) is 0 Å². The zero-order chi connectivity index (χ0) is 10.0. The van der Waals surface area contributed by atoms with Crippen molar-refractivity contribution in [2.45, 2.75) is 19.8 Å². The molecule has 0 N–H and O–H groups in total. The molecule has 0 amide bonds. The van der Waals surface area contributed by atoms with Crippen LogP contribution in [0.15, 0.2) is 18.2 Å². The van der Waals surface area contributed by atoms with Gasteiger partial charge < -0.3 is 4.90 Å². The topological polar surface area (TPSA) is 3.24 Å². The lowest BCUT2D eigenvalue weighted by Gasteiger charge is -2.16. The van der Waals surface area contributed by atoms with Gasteiger partial charge in [-0.25, -0.2) is 0 Å². The van der Waals surface area contributed by atoms with Gasteiger partial charge in [0.1, 0.15) is 0 Å². The molecule has 0 aliphatic heterocycles. The Labute approximate surface area is 85.3 Å². The molecule has 1 aromatic carbocycles. The smallest absolute Gasteiger partial charge is 0.0442 e. The van der Waals surface area contributed by atoms with Crippen LogP contribution >= 0.6 is 11.6 Å². The first kappa shape index (κ1) is 10.4. The highest BCUT2D eigenvalue weighted by atomic mass is 35.5. The molecule has 0 saturated heterocycles. The third-order valence-corrected chi connectivity index (χ3v) is 2.46. The van der Waals surface area contributed by atoms with Gasteiger partial charge in [0, 0.05) is 24.8 Å². The van der Waals surface area contributed by atoms with E-state index in [9.17, 15) is 0 Å². The van der Waals surface area contributed by atoms with Crippen LogP contribution in [0.2, 0.25) is 5.02 Å². The van der Waals surface area contributed by atoms with Crippen LogP contribution in [0.3, 0.4) is 0 Å². The van der Waals surface area contributed by atoms with Crippen LogP contribution in [0.5, 0.6) is 0 Å². The summed E-state index contributed by atoms with van der Waals surface area (Å²) in [6.45, 7) is 4.31. The fraction of sp³-hybridized carbons (Fsp3) is 0.455. The lowest BCUT2D eigenvalue weighted by Crippen LogP contribution is -2.09. The van der Waals surface area contributed by atoms with E-state index in [-0.39, 0.29) is 0 Å². The molecular weight excluding hydrogens is 182 g/mol. The Kier molecular flexibility index (Phi) is 3.21. The van der Waals surface area contributed by atoms with Gasteiger partial charge in [-0.3, -0.25) is 0 Å². The molecule has 0 aromatic heterocycles. The standard InChI is InChI=1S/C11H16ClN/c1-8(2)10-7-9(13(3)4)5-6-11(10)12/h5-8H,1-4H3. The summed E-state index contributed by atoms with van der Waals surface area (Å²) in [5.41, 5.74) is 2.42. The largest absolute Gasteiger partial charge is 0.378 e. The van der Waals surface area contributed by atoms with E-state index in [2.05, 4.69) is 24.8 Å². The SMILES string of the molecule is CC(C)c1cc(N(C)C)ccc1Cl. The number of hydrogen-bond donors (Lipinski definition) is 0. The average Bonchev–Trinajstić information content (AvgIpc) is 2.04. The van der Waals surface area contributed by atoms with Crippen molar-refractivity contribution in [1.29, 1.82) is 0 Å². The average molecular weight is 198 g/mol. The van der Waals surface area contributed by atoms with Crippen molar-refractivity contribution < 1.29 is 0 Å². The van der Waals surface area contributed by atoms with E-state index < -0.39 is 0 Å². The molecule has 1 nitrogen and oxygen atoms in total. The quantitative estimate of drug-likeness (QED) is 0.701. The highest BCUT2D eigenvalue weighted by Crippen LogP contribution is 2.27. The molecule has 0 saturated carbocycles. The van der Waals surface area contributed by atoms with Gasteiger partial charge in [0.05, 0.1) is 0 Å². The third kappa shape index (κ3) is 2.38. The lowest BCUT2D eigenvalue weighted by atomic mass is 10.0. The van der Waals surface area contributed by atoms with E-state index in [4.69, 9.17) is 11.6 Å².